The van der Waals surface area contributed by atoms with E-state index in [1.165, 1.54) is 22.1 Å². The van der Waals surface area contributed by atoms with E-state index >= 15 is 0 Å². The first-order valence-electron chi connectivity index (χ1n) is 7.89. The Hall–Kier alpha value is -3.02. The van der Waals surface area contributed by atoms with Crippen molar-refractivity contribution in [2.75, 3.05) is 10.6 Å². The quantitative estimate of drug-likeness (QED) is 0.760. The van der Waals surface area contributed by atoms with Gasteiger partial charge in [-0.25, -0.2) is 9.59 Å². The Morgan fingerprint density at radius 2 is 1.75 bits per heavy atom. The number of rotatable bonds is 2. The lowest BCUT2D eigenvalue weighted by Gasteiger charge is -2.09. The minimum atomic E-state index is -0.426. The number of nitrogens with zero attached hydrogens (tertiary/aromatic N) is 1. The monoisotopic (exact) mass is 323 g/mol. The fourth-order valence-corrected chi connectivity index (χ4v) is 3.15. The van der Waals surface area contributed by atoms with Crippen molar-refractivity contribution >= 4 is 28.5 Å². The van der Waals surface area contributed by atoms with Crippen LogP contribution in [0.15, 0.2) is 45.6 Å². The zero-order valence-electron chi connectivity index (χ0n) is 13.3. The molecule has 2 aromatic carbocycles. The molecule has 3 aromatic rings. The smallest absolute Gasteiger partial charge is 0.408 e. The standard InChI is InChI=1S/C18H17N3O3/c1-21-15-8-7-14(10-16(15)24-18(21)23)20-17(22)19-13-6-5-11-3-2-4-12(11)9-13/h5-10H,2-4H2,1H3,(H2,19,20,22). The topological polar surface area (TPSA) is 76.3 Å². The van der Waals surface area contributed by atoms with Gasteiger partial charge in [0.2, 0.25) is 0 Å². The number of hydrogen-bond donors (Lipinski definition) is 2. The van der Waals surface area contributed by atoms with Crippen LogP contribution in [-0.2, 0) is 19.9 Å². The van der Waals surface area contributed by atoms with Crippen LogP contribution in [0.1, 0.15) is 17.5 Å². The molecule has 0 unspecified atom stereocenters. The van der Waals surface area contributed by atoms with Gasteiger partial charge in [0.05, 0.1) is 5.52 Å². The summed E-state index contributed by atoms with van der Waals surface area (Å²) in [6.45, 7) is 0. The van der Waals surface area contributed by atoms with E-state index in [1.54, 1.807) is 25.2 Å². The Labute approximate surface area is 138 Å². The highest BCUT2D eigenvalue weighted by Crippen LogP contribution is 2.25. The molecule has 4 rings (SSSR count). The number of nitrogens with one attached hydrogen (secondary N) is 2. The molecule has 1 aliphatic carbocycles. The summed E-state index contributed by atoms with van der Waals surface area (Å²) in [5.41, 5.74) is 5.14. The van der Waals surface area contributed by atoms with Crippen molar-refractivity contribution in [1.82, 2.24) is 4.57 Å². The lowest BCUT2D eigenvalue weighted by atomic mass is 10.1. The number of hydrogen-bond acceptors (Lipinski definition) is 3. The van der Waals surface area contributed by atoms with Crippen LogP contribution in [0.3, 0.4) is 0 Å². The highest BCUT2D eigenvalue weighted by molar-refractivity contribution is 6.00. The summed E-state index contributed by atoms with van der Waals surface area (Å²) >= 11 is 0. The van der Waals surface area contributed by atoms with E-state index in [0.29, 0.717) is 16.8 Å². The third-order valence-electron chi connectivity index (χ3n) is 4.41. The predicted octanol–water partition coefficient (Wildman–Crippen LogP) is 3.26. The molecule has 24 heavy (non-hydrogen) atoms. The average molecular weight is 323 g/mol. The molecule has 1 aliphatic rings. The molecule has 2 amide bonds. The minimum absolute atomic E-state index is 0.328. The van der Waals surface area contributed by atoms with E-state index < -0.39 is 5.76 Å². The maximum atomic E-state index is 12.2. The van der Waals surface area contributed by atoms with Gasteiger partial charge < -0.3 is 15.1 Å². The van der Waals surface area contributed by atoms with Gasteiger partial charge in [0.25, 0.3) is 0 Å². The van der Waals surface area contributed by atoms with E-state index in [0.717, 1.165) is 18.5 Å². The second-order valence-electron chi connectivity index (χ2n) is 6.03. The van der Waals surface area contributed by atoms with E-state index in [-0.39, 0.29) is 6.03 Å². The highest BCUT2D eigenvalue weighted by atomic mass is 16.4. The van der Waals surface area contributed by atoms with Crippen LogP contribution in [-0.4, -0.2) is 10.6 Å². The minimum Gasteiger partial charge on any atom is -0.408 e. The SMILES string of the molecule is Cn1c(=O)oc2cc(NC(=O)Nc3ccc4c(c3)CCC4)ccc21. The van der Waals surface area contributed by atoms with Crippen molar-refractivity contribution in [3.05, 3.63) is 58.1 Å². The van der Waals surface area contributed by atoms with Crippen LogP contribution in [0.4, 0.5) is 16.2 Å². The molecule has 0 saturated heterocycles. The number of oxazole rings is 1. The fraction of sp³-hybridized carbons (Fsp3) is 0.222. The Bertz CT molecular complexity index is 1000. The van der Waals surface area contributed by atoms with E-state index in [9.17, 15) is 9.59 Å². The summed E-state index contributed by atoms with van der Waals surface area (Å²) in [7, 11) is 1.64. The molecular weight excluding hydrogens is 306 g/mol. The molecule has 2 N–H and O–H groups in total. The number of urea groups is 1. The molecular formula is C18H17N3O3. The number of benzene rings is 2. The van der Waals surface area contributed by atoms with Gasteiger partial charge in [0, 0.05) is 24.5 Å². The Balaban J connectivity index is 1.50. The lowest BCUT2D eigenvalue weighted by molar-refractivity contribution is 0.262. The van der Waals surface area contributed by atoms with Crippen LogP contribution < -0.4 is 16.4 Å². The molecule has 0 aliphatic heterocycles. The van der Waals surface area contributed by atoms with Crippen LogP contribution in [0, 0.1) is 0 Å². The molecule has 1 heterocycles. The van der Waals surface area contributed by atoms with E-state index in [4.69, 9.17) is 4.42 Å². The molecule has 1 aromatic heterocycles. The maximum Gasteiger partial charge on any atom is 0.419 e. The summed E-state index contributed by atoms with van der Waals surface area (Å²) < 4.78 is 6.55. The third-order valence-corrected chi connectivity index (χ3v) is 4.41. The van der Waals surface area contributed by atoms with Crippen LogP contribution in [0.5, 0.6) is 0 Å². The third kappa shape index (κ3) is 2.56. The second-order valence-corrected chi connectivity index (χ2v) is 6.03. The molecule has 0 radical (unpaired) electrons. The normalized spacial score (nSPS) is 13.0. The molecule has 6 nitrogen and oxygen atoms in total. The van der Waals surface area contributed by atoms with Gasteiger partial charge in [-0.15, -0.1) is 0 Å². The molecule has 122 valence electrons. The van der Waals surface area contributed by atoms with Crippen molar-refractivity contribution in [1.29, 1.82) is 0 Å². The van der Waals surface area contributed by atoms with E-state index in [2.05, 4.69) is 16.7 Å². The summed E-state index contributed by atoms with van der Waals surface area (Å²) in [5.74, 6) is -0.426. The zero-order chi connectivity index (χ0) is 16.7. The van der Waals surface area contributed by atoms with Crippen LogP contribution in [0.2, 0.25) is 0 Å². The van der Waals surface area contributed by atoms with Gasteiger partial charge in [0.1, 0.15) is 0 Å². The number of amides is 2. The van der Waals surface area contributed by atoms with Crippen LogP contribution in [0.25, 0.3) is 11.1 Å². The van der Waals surface area contributed by atoms with Gasteiger partial charge in [-0.2, -0.15) is 0 Å². The number of aromatic nitrogens is 1. The van der Waals surface area contributed by atoms with Gasteiger partial charge in [0.15, 0.2) is 5.58 Å². The summed E-state index contributed by atoms with van der Waals surface area (Å²) in [5, 5.41) is 5.59. The Morgan fingerprint density at radius 1 is 1.04 bits per heavy atom. The summed E-state index contributed by atoms with van der Waals surface area (Å²) in [6.07, 6.45) is 3.35. The van der Waals surface area contributed by atoms with Crippen molar-refractivity contribution in [3.8, 4) is 0 Å². The fourth-order valence-electron chi connectivity index (χ4n) is 3.15. The Morgan fingerprint density at radius 3 is 2.58 bits per heavy atom. The average Bonchev–Trinajstić information content (AvgIpc) is 3.12. The van der Waals surface area contributed by atoms with Gasteiger partial charge in [-0.05, 0) is 54.7 Å². The molecule has 0 spiro atoms. The van der Waals surface area contributed by atoms with Crippen molar-refractivity contribution in [3.63, 3.8) is 0 Å². The second kappa shape index (κ2) is 5.56. The number of fused-ring (bicyclic) bond motifs is 2. The Kier molecular flexibility index (Phi) is 3.37. The van der Waals surface area contributed by atoms with Crippen molar-refractivity contribution < 1.29 is 9.21 Å². The highest BCUT2D eigenvalue weighted by Gasteiger charge is 2.12. The number of carbonyl (C=O) groups is 1. The molecule has 6 heteroatoms. The number of carbonyl (C=O) groups excluding carboxylic acids is 1. The first kappa shape index (κ1) is 14.6. The van der Waals surface area contributed by atoms with Crippen molar-refractivity contribution in [2.45, 2.75) is 19.3 Å². The summed E-state index contributed by atoms with van der Waals surface area (Å²) in [6, 6.07) is 10.8. The first-order chi connectivity index (χ1) is 11.6. The summed E-state index contributed by atoms with van der Waals surface area (Å²) in [4.78, 5) is 23.7. The van der Waals surface area contributed by atoms with Gasteiger partial charge >= 0.3 is 11.8 Å². The number of anilines is 2. The lowest BCUT2D eigenvalue weighted by Crippen LogP contribution is -2.19. The molecule has 0 bridgehead atoms. The van der Waals surface area contributed by atoms with Gasteiger partial charge in [-0.3, -0.25) is 4.57 Å². The van der Waals surface area contributed by atoms with E-state index in [1.807, 2.05) is 12.1 Å². The predicted molar refractivity (Wildman–Crippen MR) is 92.6 cm³/mol. The molecule has 0 saturated carbocycles. The molecule has 0 atom stereocenters. The largest absolute Gasteiger partial charge is 0.419 e. The van der Waals surface area contributed by atoms with Gasteiger partial charge in [-0.1, -0.05) is 6.07 Å². The maximum absolute atomic E-state index is 12.2. The number of aryl methyl sites for hydroxylation is 3. The van der Waals surface area contributed by atoms with Crippen molar-refractivity contribution in [2.24, 2.45) is 7.05 Å². The zero-order valence-corrected chi connectivity index (χ0v) is 13.3. The molecule has 0 fully saturated rings. The first-order valence-corrected chi connectivity index (χ1v) is 7.89. The van der Waals surface area contributed by atoms with Crippen LogP contribution >= 0.6 is 0 Å².